The maximum atomic E-state index is 9.29. The van der Waals surface area contributed by atoms with E-state index in [-0.39, 0.29) is 0 Å². The second-order valence-corrected chi connectivity index (χ2v) is 5.61. The number of rotatable bonds is 6. The van der Waals surface area contributed by atoms with Gasteiger partial charge in [-0.2, -0.15) is 10.5 Å². The van der Waals surface area contributed by atoms with Crippen LogP contribution >= 0.6 is 11.6 Å². The van der Waals surface area contributed by atoms with E-state index in [1.54, 1.807) is 30.3 Å². The fraction of sp³-hybridized carbons (Fsp3) is 0.158. The van der Waals surface area contributed by atoms with Crippen LogP contribution in [0, 0.1) is 28.1 Å². The zero-order valence-corrected chi connectivity index (χ0v) is 13.3. The van der Waals surface area contributed by atoms with Gasteiger partial charge in [0, 0.05) is 11.4 Å². The van der Waals surface area contributed by atoms with Gasteiger partial charge in [-0.25, -0.2) is 0 Å². The minimum atomic E-state index is -1.07. The maximum Gasteiger partial charge on any atom is 0.151 e. The van der Waals surface area contributed by atoms with E-state index in [0.717, 1.165) is 5.56 Å². The topological polar surface area (TPSA) is 56.8 Å². The first-order valence-electron chi connectivity index (χ1n) is 7.06. The van der Waals surface area contributed by atoms with Crippen molar-refractivity contribution in [1.82, 2.24) is 0 Å². The molecule has 0 aliphatic rings. The Labute approximate surface area is 141 Å². The molecule has 0 amide bonds. The summed E-state index contributed by atoms with van der Waals surface area (Å²) in [6.45, 7) is 3.62. The molecule has 0 spiro atoms. The predicted octanol–water partition coefficient (Wildman–Crippen LogP) is 5.28. The summed E-state index contributed by atoms with van der Waals surface area (Å²) in [5.41, 5.74) is -0.168. The van der Waals surface area contributed by atoms with E-state index >= 15 is 0 Å². The third kappa shape index (κ3) is 4.36. The molecule has 0 saturated carbocycles. The molecule has 0 heterocycles. The van der Waals surface area contributed by atoms with Crippen molar-refractivity contribution in [1.29, 1.82) is 10.5 Å². The highest BCUT2D eigenvalue weighted by molar-refractivity contribution is 6.30. The van der Waals surface area contributed by atoms with Gasteiger partial charge in [0.2, 0.25) is 0 Å². The van der Waals surface area contributed by atoms with Crippen molar-refractivity contribution in [3.63, 3.8) is 0 Å². The molecule has 0 aliphatic carbocycles. The highest BCUT2D eigenvalue weighted by Gasteiger charge is 2.28. The number of allylic oxidation sites excluding steroid dienone is 1. The van der Waals surface area contributed by atoms with E-state index in [9.17, 15) is 10.5 Å². The lowest BCUT2D eigenvalue weighted by atomic mass is 9.81. The Hall–Kier alpha value is -2.75. The van der Waals surface area contributed by atoms with Gasteiger partial charge in [0.1, 0.15) is 11.5 Å². The van der Waals surface area contributed by atoms with E-state index < -0.39 is 5.41 Å². The summed E-state index contributed by atoms with van der Waals surface area (Å²) in [6.07, 6.45) is 2.29. The molecule has 0 bridgehead atoms. The lowest BCUT2D eigenvalue weighted by molar-refractivity contribution is 0.481. The molecule has 0 saturated heterocycles. The number of nitriles is 2. The number of halogens is 1. The van der Waals surface area contributed by atoms with Gasteiger partial charge in [-0.1, -0.05) is 29.8 Å². The van der Waals surface area contributed by atoms with Crippen LogP contribution in [0.25, 0.3) is 0 Å². The van der Waals surface area contributed by atoms with Gasteiger partial charge in [-0.3, -0.25) is 0 Å². The van der Waals surface area contributed by atoms with E-state index in [4.69, 9.17) is 16.3 Å². The lowest BCUT2D eigenvalue weighted by Crippen LogP contribution is -2.18. The normalized spacial score (nSPS) is 10.4. The fourth-order valence-corrected chi connectivity index (χ4v) is 2.30. The van der Waals surface area contributed by atoms with Crippen LogP contribution in [0.1, 0.15) is 12.0 Å². The molecule has 23 heavy (non-hydrogen) atoms. The minimum Gasteiger partial charge on any atom is -0.457 e. The van der Waals surface area contributed by atoms with Crippen molar-refractivity contribution in [3.05, 3.63) is 71.8 Å². The summed E-state index contributed by atoms with van der Waals surface area (Å²) in [5, 5.41) is 19.2. The first-order chi connectivity index (χ1) is 11.1. The molecule has 114 valence electrons. The molecule has 2 rings (SSSR count). The molecule has 4 heteroatoms. The molecule has 3 nitrogen and oxygen atoms in total. The number of nitrogens with zero attached hydrogens (tertiary/aromatic N) is 2. The second-order valence-electron chi connectivity index (χ2n) is 5.18. The van der Waals surface area contributed by atoms with Crippen molar-refractivity contribution >= 4 is 11.6 Å². The molecule has 2 aromatic rings. The number of ether oxygens (including phenoxy) is 1. The van der Waals surface area contributed by atoms with Gasteiger partial charge in [0.25, 0.3) is 0 Å². The van der Waals surface area contributed by atoms with Gasteiger partial charge >= 0.3 is 0 Å². The SMILES string of the molecule is C=CCC(C#N)(C#N)Cc1ccc(Oc2ccc(Cl)cc2)cc1. The maximum absolute atomic E-state index is 9.29. The summed E-state index contributed by atoms with van der Waals surface area (Å²) in [6, 6.07) is 18.6. The predicted molar refractivity (Wildman–Crippen MR) is 90.1 cm³/mol. The van der Waals surface area contributed by atoms with Gasteiger partial charge < -0.3 is 4.74 Å². The van der Waals surface area contributed by atoms with Crippen LogP contribution in [0.15, 0.2) is 61.2 Å². The van der Waals surface area contributed by atoms with Crippen molar-refractivity contribution in [3.8, 4) is 23.6 Å². The number of hydrogen-bond donors (Lipinski definition) is 0. The quantitative estimate of drug-likeness (QED) is 0.679. The van der Waals surface area contributed by atoms with Gasteiger partial charge in [0.05, 0.1) is 12.1 Å². The molecule has 0 unspecified atom stereocenters. The Morgan fingerprint density at radius 3 is 2.00 bits per heavy atom. The average molecular weight is 323 g/mol. The Bertz CT molecular complexity index is 738. The molecule has 0 atom stereocenters. The van der Waals surface area contributed by atoms with Crippen molar-refractivity contribution < 1.29 is 4.74 Å². The summed E-state index contributed by atoms with van der Waals surface area (Å²) in [4.78, 5) is 0. The van der Waals surface area contributed by atoms with Crippen LogP contribution in [-0.2, 0) is 6.42 Å². The molecule has 0 fully saturated rings. The molecule has 0 aromatic heterocycles. The largest absolute Gasteiger partial charge is 0.457 e. The van der Waals surface area contributed by atoms with Crippen molar-refractivity contribution in [2.75, 3.05) is 0 Å². The molecular weight excluding hydrogens is 308 g/mol. The first-order valence-corrected chi connectivity index (χ1v) is 7.44. The second kappa shape index (κ2) is 7.49. The van der Waals surface area contributed by atoms with Crippen LogP contribution in [0.2, 0.25) is 5.02 Å². The third-order valence-electron chi connectivity index (χ3n) is 3.40. The minimum absolute atomic E-state index is 0.336. The summed E-state index contributed by atoms with van der Waals surface area (Å²) < 4.78 is 5.71. The Kier molecular flexibility index (Phi) is 5.41. The van der Waals surface area contributed by atoms with E-state index in [2.05, 4.69) is 18.7 Å². The fourth-order valence-electron chi connectivity index (χ4n) is 2.18. The van der Waals surface area contributed by atoms with E-state index in [0.29, 0.717) is 29.4 Å². The van der Waals surface area contributed by atoms with Crippen molar-refractivity contribution in [2.45, 2.75) is 12.8 Å². The van der Waals surface area contributed by atoms with Gasteiger partial charge in [0.15, 0.2) is 5.41 Å². The third-order valence-corrected chi connectivity index (χ3v) is 3.65. The zero-order chi connectivity index (χ0) is 16.7. The lowest BCUT2D eigenvalue weighted by Gasteiger charge is -2.16. The Morgan fingerprint density at radius 1 is 1.00 bits per heavy atom. The Balaban J connectivity index is 2.10. The van der Waals surface area contributed by atoms with E-state index in [1.807, 2.05) is 24.3 Å². The zero-order valence-electron chi connectivity index (χ0n) is 12.5. The average Bonchev–Trinajstić information content (AvgIpc) is 2.58. The summed E-state index contributed by atoms with van der Waals surface area (Å²) >= 11 is 5.83. The molecule has 0 radical (unpaired) electrons. The monoisotopic (exact) mass is 322 g/mol. The van der Waals surface area contributed by atoms with Crippen LogP contribution < -0.4 is 4.74 Å². The molecular formula is C19H15ClN2O. The summed E-state index contributed by atoms with van der Waals surface area (Å²) in [7, 11) is 0. The highest BCUT2D eigenvalue weighted by Crippen LogP contribution is 2.28. The summed E-state index contributed by atoms with van der Waals surface area (Å²) in [5.74, 6) is 1.37. The molecule has 0 aliphatic heterocycles. The molecule has 2 aromatic carbocycles. The highest BCUT2D eigenvalue weighted by atomic mass is 35.5. The van der Waals surface area contributed by atoms with Crippen molar-refractivity contribution in [2.24, 2.45) is 5.41 Å². The van der Waals surface area contributed by atoms with Crippen LogP contribution in [0.4, 0.5) is 0 Å². The van der Waals surface area contributed by atoms with Gasteiger partial charge in [-0.15, -0.1) is 6.58 Å². The van der Waals surface area contributed by atoms with E-state index in [1.165, 1.54) is 0 Å². The van der Waals surface area contributed by atoms with Crippen LogP contribution in [0.5, 0.6) is 11.5 Å². The molecule has 0 N–H and O–H groups in total. The van der Waals surface area contributed by atoms with Crippen LogP contribution in [0.3, 0.4) is 0 Å². The standard InChI is InChI=1S/C19H15ClN2O/c1-2-11-19(13-21,14-22)12-15-3-7-17(8-4-15)23-18-9-5-16(20)6-10-18/h2-10H,1,11-12H2. The number of hydrogen-bond acceptors (Lipinski definition) is 3. The number of benzene rings is 2. The smallest absolute Gasteiger partial charge is 0.151 e. The first kappa shape index (κ1) is 16.6. The van der Waals surface area contributed by atoms with Crippen LogP contribution in [-0.4, -0.2) is 0 Å². The van der Waals surface area contributed by atoms with Gasteiger partial charge in [-0.05, 0) is 48.4 Å². The Morgan fingerprint density at radius 2 is 1.52 bits per heavy atom.